The van der Waals surface area contributed by atoms with Gasteiger partial charge in [-0.1, -0.05) is 17.7 Å². The van der Waals surface area contributed by atoms with Gasteiger partial charge in [0.1, 0.15) is 6.54 Å². The highest BCUT2D eigenvalue weighted by Gasteiger charge is 2.19. The third kappa shape index (κ3) is 3.44. The number of amides is 1. The van der Waals surface area contributed by atoms with Crippen molar-refractivity contribution in [3.8, 4) is 0 Å². The Labute approximate surface area is 160 Å². The molecule has 2 aromatic heterocycles. The second kappa shape index (κ2) is 7.11. The summed E-state index contributed by atoms with van der Waals surface area (Å²) in [5.74, 6) is -0.325. The summed E-state index contributed by atoms with van der Waals surface area (Å²) < 4.78 is 6.56. The molecule has 0 aliphatic carbocycles. The first-order valence-corrected chi connectivity index (χ1v) is 9.51. The largest absolute Gasteiger partial charge is 0.332 e. The molecule has 0 radical (unpaired) electrons. The van der Waals surface area contributed by atoms with Crippen molar-refractivity contribution >= 4 is 34.2 Å². The highest BCUT2D eigenvalue weighted by atomic mass is 32.1. The molecule has 27 heavy (non-hydrogen) atoms. The Bertz CT molecular complexity index is 1130. The lowest BCUT2D eigenvalue weighted by Crippen LogP contribution is -2.42. The standard InChI is InChI=1S/C19H22N4O3S/c1-10(2)23-18(25)17-14(9-27-21-17)22(19(23)26)8-15(24)20-16-12(4)6-11(3)7-13(16)5/h6-7,9-10H,8H2,1-5H3,(H,20,24). The van der Waals surface area contributed by atoms with Crippen LogP contribution in [0.4, 0.5) is 5.69 Å². The second-order valence-electron chi connectivity index (χ2n) is 7.01. The van der Waals surface area contributed by atoms with E-state index < -0.39 is 11.2 Å². The summed E-state index contributed by atoms with van der Waals surface area (Å²) in [4.78, 5) is 38.0. The number of fused-ring (bicyclic) bond motifs is 1. The number of benzene rings is 1. The van der Waals surface area contributed by atoms with Crippen molar-refractivity contribution in [3.05, 3.63) is 55.0 Å². The van der Waals surface area contributed by atoms with Gasteiger partial charge >= 0.3 is 5.69 Å². The molecule has 0 aliphatic heterocycles. The summed E-state index contributed by atoms with van der Waals surface area (Å²) in [6.07, 6.45) is 0. The van der Waals surface area contributed by atoms with E-state index in [9.17, 15) is 14.4 Å². The normalized spacial score (nSPS) is 11.3. The van der Waals surface area contributed by atoms with Crippen LogP contribution in [0, 0.1) is 20.8 Å². The number of hydrogen-bond donors (Lipinski definition) is 1. The van der Waals surface area contributed by atoms with Crippen LogP contribution in [0.5, 0.6) is 0 Å². The van der Waals surface area contributed by atoms with Crippen LogP contribution >= 0.6 is 11.5 Å². The first-order valence-electron chi connectivity index (χ1n) is 8.67. The average molecular weight is 386 g/mol. The number of hydrogen-bond acceptors (Lipinski definition) is 5. The Morgan fingerprint density at radius 2 is 1.81 bits per heavy atom. The van der Waals surface area contributed by atoms with Crippen LogP contribution in [0.1, 0.15) is 36.6 Å². The van der Waals surface area contributed by atoms with Crippen LogP contribution < -0.4 is 16.6 Å². The zero-order valence-corrected chi connectivity index (χ0v) is 16.8. The fourth-order valence-electron chi connectivity index (χ4n) is 3.31. The molecule has 142 valence electrons. The fraction of sp³-hybridized carbons (Fsp3) is 0.368. The van der Waals surface area contributed by atoms with Crippen molar-refractivity contribution in [1.29, 1.82) is 0 Å². The summed E-state index contributed by atoms with van der Waals surface area (Å²) in [5, 5.41) is 4.52. The summed E-state index contributed by atoms with van der Waals surface area (Å²) in [6, 6.07) is 3.66. The monoisotopic (exact) mass is 386 g/mol. The van der Waals surface area contributed by atoms with Crippen LogP contribution in [0.2, 0.25) is 0 Å². The van der Waals surface area contributed by atoms with Gasteiger partial charge in [-0.05, 0) is 57.3 Å². The smallest absolute Gasteiger partial charge is 0.324 e. The Morgan fingerprint density at radius 3 is 2.41 bits per heavy atom. The maximum Gasteiger partial charge on any atom is 0.332 e. The molecule has 1 N–H and O–H groups in total. The van der Waals surface area contributed by atoms with E-state index in [1.807, 2.05) is 32.9 Å². The van der Waals surface area contributed by atoms with Crippen LogP contribution in [0.25, 0.3) is 11.0 Å². The number of nitrogens with one attached hydrogen (secondary N) is 1. The molecule has 0 saturated carbocycles. The van der Waals surface area contributed by atoms with E-state index in [-0.39, 0.29) is 24.0 Å². The molecule has 2 heterocycles. The molecule has 8 heteroatoms. The van der Waals surface area contributed by atoms with Crippen LogP contribution in [0.3, 0.4) is 0 Å². The van der Waals surface area contributed by atoms with E-state index in [0.717, 1.165) is 38.5 Å². The van der Waals surface area contributed by atoms with Crippen LogP contribution in [-0.2, 0) is 11.3 Å². The topological polar surface area (TPSA) is 86.0 Å². The minimum atomic E-state index is -0.504. The highest BCUT2D eigenvalue weighted by molar-refractivity contribution is 7.04. The first-order chi connectivity index (χ1) is 12.7. The minimum absolute atomic E-state index is 0.187. The molecular formula is C19H22N4O3S. The van der Waals surface area contributed by atoms with Gasteiger partial charge in [0.05, 0.1) is 5.52 Å². The zero-order valence-electron chi connectivity index (χ0n) is 16.0. The lowest BCUT2D eigenvalue weighted by molar-refractivity contribution is -0.116. The molecular weight excluding hydrogens is 364 g/mol. The molecule has 0 saturated heterocycles. The molecule has 1 amide bonds. The average Bonchev–Trinajstić information content (AvgIpc) is 3.04. The first kappa shape index (κ1) is 19.0. The molecule has 0 spiro atoms. The lowest BCUT2D eigenvalue weighted by Gasteiger charge is -2.16. The predicted molar refractivity (Wildman–Crippen MR) is 108 cm³/mol. The third-order valence-corrected chi connectivity index (χ3v) is 5.08. The van der Waals surface area contributed by atoms with E-state index >= 15 is 0 Å². The number of rotatable bonds is 4. The maximum atomic E-state index is 12.8. The molecule has 0 bridgehead atoms. The van der Waals surface area contributed by atoms with Gasteiger partial charge in [-0.25, -0.2) is 4.79 Å². The van der Waals surface area contributed by atoms with Gasteiger partial charge in [-0.2, -0.15) is 4.37 Å². The van der Waals surface area contributed by atoms with E-state index in [0.29, 0.717) is 5.52 Å². The lowest BCUT2D eigenvalue weighted by atomic mass is 10.1. The third-order valence-electron chi connectivity index (χ3n) is 4.46. The van der Waals surface area contributed by atoms with Crippen LogP contribution in [0.15, 0.2) is 27.1 Å². The van der Waals surface area contributed by atoms with E-state index in [1.165, 1.54) is 4.57 Å². The SMILES string of the molecule is Cc1cc(C)c(NC(=O)Cn2c(=O)n(C(C)C)c(=O)c3nscc32)c(C)c1. The quantitative estimate of drug-likeness (QED) is 0.747. The number of nitrogens with zero attached hydrogens (tertiary/aromatic N) is 3. The maximum absolute atomic E-state index is 12.8. The highest BCUT2D eigenvalue weighted by Crippen LogP contribution is 2.22. The molecule has 0 fully saturated rings. The van der Waals surface area contributed by atoms with Crippen molar-refractivity contribution in [1.82, 2.24) is 13.5 Å². The number of carbonyl (C=O) groups excluding carboxylic acids is 1. The van der Waals surface area contributed by atoms with E-state index in [1.54, 1.807) is 19.2 Å². The van der Waals surface area contributed by atoms with Crippen molar-refractivity contribution in [2.45, 2.75) is 47.2 Å². The summed E-state index contributed by atoms with van der Waals surface area (Å²) >= 11 is 1.09. The van der Waals surface area contributed by atoms with Crippen molar-refractivity contribution in [3.63, 3.8) is 0 Å². The van der Waals surface area contributed by atoms with Gasteiger partial charge in [0.15, 0.2) is 5.52 Å². The Kier molecular flexibility index (Phi) is 5.01. The van der Waals surface area contributed by atoms with Crippen molar-refractivity contribution < 1.29 is 4.79 Å². The minimum Gasteiger partial charge on any atom is -0.324 e. The molecule has 7 nitrogen and oxygen atoms in total. The van der Waals surface area contributed by atoms with Crippen molar-refractivity contribution in [2.75, 3.05) is 5.32 Å². The van der Waals surface area contributed by atoms with Gasteiger partial charge in [-0.3, -0.25) is 18.7 Å². The van der Waals surface area contributed by atoms with Gasteiger partial charge in [0, 0.05) is 17.1 Å². The molecule has 3 aromatic rings. The number of aryl methyl sites for hydroxylation is 3. The predicted octanol–water partition coefficient (Wildman–Crippen LogP) is 2.76. The number of carbonyl (C=O) groups is 1. The van der Waals surface area contributed by atoms with Gasteiger partial charge in [0.25, 0.3) is 5.56 Å². The van der Waals surface area contributed by atoms with Crippen LogP contribution in [-0.4, -0.2) is 19.4 Å². The summed E-state index contributed by atoms with van der Waals surface area (Å²) in [6.45, 7) is 9.19. The Morgan fingerprint density at radius 1 is 1.19 bits per heavy atom. The number of aromatic nitrogens is 3. The summed E-state index contributed by atoms with van der Waals surface area (Å²) in [7, 11) is 0. The van der Waals surface area contributed by atoms with Crippen molar-refractivity contribution in [2.24, 2.45) is 0 Å². The van der Waals surface area contributed by atoms with E-state index in [2.05, 4.69) is 9.69 Å². The molecule has 0 atom stereocenters. The number of anilines is 1. The molecule has 0 unspecified atom stereocenters. The molecule has 1 aromatic carbocycles. The molecule has 3 rings (SSSR count). The van der Waals surface area contributed by atoms with Gasteiger partial charge < -0.3 is 5.32 Å². The van der Waals surface area contributed by atoms with E-state index in [4.69, 9.17) is 0 Å². The second-order valence-corrected chi connectivity index (χ2v) is 7.64. The molecule has 0 aliphatic rings. The zero-order chi connectivity index (χ0) is 19.9. The van der Waals surface area contributed by atoms with Gasteiger partial charge in [0.2, 0.25) is 5.91 Å². The van der Waals surface area contributed by atoms with Gasteiger partial charge in [-0.15, -0.1) is 0 Å². The fourth-order valence-corrected chi connectivity index (χ4v) is 3.98. The Hall–Kier alpha value is -2.74. The summed E-state index contributed by atoms with van der Waals surface area (Å²) in [5.41, 5.74) is 3.46. The Balaban J connectivity index is 2.03.